The van der Waals surface area contributed by atoms with Crippen molar-refractivity contribution < 1.29 is 9.69 Å². The van der Waals surface area contributed by atoms with Crippen molar-refractivity contribution in [3.05, 3.63) is 35.8 Å². The Labute approximate surface area is 93.8 Å². The molecule has 16 heavy (non-hydrogen) atoms. The van der Waals surface area contributed by atoms with E-state index < -0.39 is 0 Å². The molecule has 1 atom stereocenters. The number of benzene rings is 1. The molecule has 80 valence electrons. The lowest BCUT2D eigenvalue weighted by atomic mass is 9.76. The largest absolute Gasteiger partial charge is 0.333 e. The molecule has 3 rings (SSSR count). The SMILES string of the molecule is Cc1ncnc2ccc(C3BOOC3)cc12. The van der Waals surface area contributed by atoms with Gasteiger partial charge in [-0.2, -0.15) is 0 Å². The summed E-state index contributed by atoms with van der Waals surface area (Å²) in [5.74, 6) is 0.323. The van der Waals surface area contributed by atoms with E-state index in [0.717, 1.165) is 16.6 Å². The van der Waals surface area contributed by atoms with Gasteiger partial charge in [-0.15, -0.1) is 0 Å². The van der Waals surface area contributed by atoms with Crippen molar-refractivity contribution in [1.82, 2.24) is 9.97 Å². The fourth-order valence-electron chi connectivity index (χ4n) is 1.96. The van der Waals surface area contributed by atoms with Gasteiger partial charge in [-0.3, -0.25) is 4.89 Å². The highest BCUT2D eigenvalue weighted by molar-refractivity contribution is 6.30. The Bertz CT molecular complexity index is 526. The van der Waals surface area contributed by atoms with E-state index >= 15 is 0 Å². The van der Waals surface area contributed by atoms with Gasteiger partial charge in [0.05, 0.1) is 12.1 Å². The molecule has 1 fully saturated rings. The first-order chi connectivity index (χ1) is 7.84. The number of fused-ring (bicyclic) bond motifs is 1. The van der Waals surface area contributed by atoms with Crippen molar-refractivity contribution in [2.75, 3.05) is 6.61 Å². The van der Waals surface area contributed by atoms with Gasteiger partial charge in [-0.1, -0.05) is 6.07 Å². The van der Waals surface area contributed by atoms with Crippen LogP contribution in [-0.2, 0) is 9.69 Å². The number of aryl methyl sites for hydroxylation is 1. The average molecular weight is 214 g/mol. The van der Waals surface area contributed by atoms with E-state index in [4.69, 9.17) is 9.69 Å². The molecular weight excluding hydrogens is 203 g/mol. The molecule has 1 unspecified atom stereocenters. The van der Waals surface area contributed by atoms with E-state index in [9.17, 15) is 0 Å². The molecule has 0 saturated carbocycles. The molecule has 5 heteroatoms. The minimum atomic E-state index is 0.323. The van der Waals surface area contributed by atoms with E-state index in [0.29, 0.717) is 19.9 Å². The predicted molar refractivity (Wildman–Crippen MR) is 61.2 cm³/mol. The predicted octanol–water partition coefficient (Wildman–Crippen LogP) is 1.29. The Morgan fingerprint density at radius 3 is 3.12 bits per heavy atom. The molecule has 1 aromatic carbocycles. The van der Waals surface area contributed by atoms with Crippen LogP contribution in [0.15, 0.2) is 24.5 Å². The molecular formula is C11H11BN2O2. The second-order valence-electron chi connectivity index (χ2n) is 4.00. The summed E-state index contributed by atoms with van der Waals surface area (Å²) in [5.41, 5.74) is 3.21. The molecule has 0 radical (unpaired) electrons. The maximum Gasteiger partial charge on any atom is 0.333 e. The first kappa shape index (κ1) is 9.75. The molecule has 1 aliphatic heterocycles. The van der Waals surface area contributed by atoms with E-state index in [1.165, 1.54) is 5.56 Å². The van der Waals surface area contributed by atoms with Gasteiger partial charge in [0.25, 0.3) is 0 Å². The van der Waals surface area contributed by atoms with Gasteiger partial charge in [-0.25, -0.2) is 9.97 Å². The minimum Gasteiger partial charge on any atom is -0.309 e. The Morgan fingerprint density at radius 1 is 1.38 bits per heavy atom. The summed E-state index contributed by atoms with van der Waals surface area (Å²) in [5, 5.41) is 1.10. The van der Waals surface area contributed by atoms with Gasteiger partial charge in [-0.05, 0) is 24.6 Å². The number of hydrogen-bond donors (Lipinski definition) is 0. The molecule has 0 amide bonds. The molecule has 0 spiro atoms. The van der Waals surface area contributed by atoms with Gasteiger partial charge >= 0.3 is 7.48 Å². The van der Waals surface area contributed by atoms with Crippen LogP contribution in [0.3, 0.4) is 0 Å². The van der Waals surface area contributed by atoms with Gasteiger partial charge in [0, 0.05) is 16.9 Å². The maximum absolute atomic E-state index is 4.92. The number of nitrogens with zero attached hydrogens (tertiary/aromatic N) is 2. The van der Waals surface area contributed by atoms with Crippen LogP contribution in [0.2, 0.25) is 0 Å². The topological polar surface area (TPSA) is 44.2 Å². The van der Waals surface area contributed by atoms with E-state index in [1.807, 2.05) is 13.0 Å². The zero-order chi connectivity index (χ0) is 11.0. The normalized spacial score (nSPS) is 19.9. The Balaban J connectivity index is 2.10. The van der Waals surface area contributed by atoms with Crippen molar-refractivity contribution in [2.45, 2.75) is 12.7 Å². The van der Waals surface area contributed by atoms with Crippen LogP contribution in [0.4, 0.5) is 0 Å². The van der Waals surface area contributed by atoms with Gasteiger partial charge in [0.1, 0.15) is 6.33 Å². The monoisotopic (exact) mass is 214 g/mol. The number of aromatic nitrogens is 2. The van der Waals surface area contributed by atoms with Gasteiger partial charge in [0.2, 0.25) is 0 Å². The van der Waals surface area contributed by atoms with E-state index in [-0.39, 0.29) is 0 Å². The van der Waals surface area contributed by atoms with E-state index in [1.54, 1.807) is 6.33 Å². The van der Waals surface area contributed by atoms with Crippen LogP contribution < -0.4 is 0 Å². The van der Waals surface area contributed by atoms with Gasteiger partial charge < -0.3 is 4.81 Å². The molecule has 2 heterocycles. The Hall–Kier alpha value is -1.46. The smallest absolute Gasteiger partial charge is 0.309 e. The molecule has 1 aromatic heterocycles. The Kier molecular flexibility index (Phi) is 2.34. The lowest BCUT2D eigenvalue weighted by molar-refractivity contribution is -0.183. The van der Waals surface area contributed by atoms with Crippen LogP contribution in [0, 0.1) is 6.92 Å². The fraction of sp³-hybridized carbons (Fsp3) is 0.273. The van der Waals surface area contributed by atoms with Crippen LogP contribution in [-0.4, -0.2) is 24.1 Å². The summed E-state index contributed by atoms with van der Waals surface area (Å²) >= 11 is 0. The highest BCUT2D eigenvalue weighted by Crippen LogP contribution is 2.24. The molecule has 4 nitrogen and oxygen atoms in total. The zero-order valence-corrected chi connectivity index (χ0v) is 9.01. The standard InChI is InChI=1S/C11H11BN2O2/c1-7-9-4-8(10-5-15-16-12-10)2-3-11(9)14-6-13-7/h2-4,6,10,12H,5H2,1H3. The quantitative estimate of drug-likeness (QED) is 0.530. The van der Waals surface area contributed by atoms with Crippen molar-refractivity contribution in [2.24, 2.45) is 0 Å². The molecule has 0 aliphatic carbocycles. The van der Waals surface area contributed by atoms with E-state index in [2.05, 4.69) is 22.1 Å². The summed E-state index contributed by atoms with van der Waals surface area (Å²) < 4.78 is 0. The summed E-state index contributed by atoms with van der Waals surface area (Å²) in [4.78, 5) is 18.3. The van der Waals surface area contributed by atoms with Crippen molar-refractivity contribution in [3.63, 3.8) is 0 Å². The average Bonchev–Trinajstić information content (AvgIpc) is 2.83. The first-order valence-corrected chi connectivity index (χ1v) is 5.30. The number of rotatable bonds is 1. The number of hydrogen-bond acceptors (Lipinski definition) is 4. The third-order valence-electron chi connectivity index (χ3n) is 2.95. The maximum atomic E-state index is 4.92. The van der Waals surface area contributed by atoms with Crippen molar-refractivity contribution in [3.8, 4) is 0 Å². The highest BCUT2D eigenvalue weighted by Gasteiger charge is 2.22. The van der Waals surface area contributed by atoms with Crippen LogP contribution >= 0.6 is 0 Å². The van der Waals surface area contributed by atoms with Gasteiger partial charge in [0.15, 0.2) is 0 Å². The summed E-state index contributed by atoms with van der Waals surface area (Å²) in [7, 11) is 0.623. The van der Waals surface area contributed by atoms with Crippen LogP contribution in [0.5, 0.6) is 0 Å². The highest BCUT2D eigenvalue weighted by atomic mass is 17.2. The Morgan fingerprint density at radius 2 is 2.31 bits per heavy atom. The van der Waals surface area contributed by atoms with Crippen LogP contribution in [0.25, 0.3) is 10.9 Å². The molecule has 0 bridgehead atoms. The molecule has 1 aliphatic rings. The lowest BCUT2D eigenvalue weighted by Crippen LogP contribution is -2.04. The zero-order valence-electron chi connectivity index (χ0n) is 9.01. The third kappa shape index (κ3) is 1.58. The minimum absolute atomic E-state index is 0.323. The second kappa shape index (κ2) is 3.85. The first-order valence-electron chi connectivity index (χ1n) is 5.30. The third-order valence-corrected chi connectivity index (χ3v) is 2.95. The molecule has 0 N–H and O–H groups in total. The lowest BCUT2D eigenvalue weighted by Gasteiger charge is -2.07. The fourth-order valence-corrected chi connectivity index (χ4v) is 1.96. The van der Waals surface area contributed by atoms with Crippen LogP contribution in [0.1, 0.15) is 17.1 Å². The van der Waals surface area contributed by atoms with Crippen molar-refractivity contribution in [1.29, 1.82) is 0 Å². The molecule has 2 aromatic rings. The summed E-state index contributed by atoms with van der Waals surface area (Å²) in [6.45, 7) is 2.62. The summed E-state index contributed by atoms with van der Waals surface area (Å²) in [6.07, 6.45) is 1.60. The second-order valence-corrected chi connectivity index (χ2v) is 4.00. The molecule has 1 saturated heterocycles. The van der Waals surface area contributed by atoms with Crippen molar-refractivity contribution >= 4 is 18.4 Å². The summed E-state index contributed by atoms with van der Waals surface area (Å²) in [6, 6.07) is 6.24.